The van der Waals surface area contributed by atoms with Crippen LogP contribution in [0.5, 0.6) is 0 Å². The zero-order chi connectivity index (χ0) is 18.7. The molecule has 2 N–H and O–H groups in total. The number of nitrogens with one attached hydrogen (secondary N) is 1. The minimum atomic E-state index is -1.15. The number of nitriles is 1. The van der Waals surface area contributed by atoms with Gasteiger partial charge in [-0.25, -0.2) is 4.79 Å². The number of nitrogens with zero attached hydrogens (tertiary/aromatic N) is 1. The van der Waals surface area contributed by atoms with Gasteiger partial charge in [-0.2, -0.15) is 5.26 Å². The average Bonchev–Trinajstić information content (AvgIpc) is 2.65. The van der Waals surface area contributed by atoms with E-state index in [2.05, 4.69) is 5.32 Å². The van der Waals surface area contributed by atoms with E-state index in [-0.39, 0.29) is 6.42 Å². The van der Waals surface area contributed by atoms with Crippen LogP contribution in [0.15, 0.2) is 54.6 Å². The number of carbonyl (C=O) groups is 2. The standard InChI is InChI=1S/C21H18N2O3/c1-13(12-22)10-18(21(25)26)23-20(24)19-16-8-4-2-6-14(16)11-15-7-3-5-9-17(15)19/h2-9,11,13,18H,10H2,1H3,(H,23,24)(H,25,26)/t13-,18-/m0/s1. The van der Waals surface area contributed by atoms with Crippen LogP contribution in [-0.2, 0) is 4.79 Å². The molecule has 0 aliphatic heterocycles. The Morgan fingerprint density at radius 3 is 2.12 bits per heavy atom. The number of carboxylic acid groups (broad SMARTS) is 1. The zero-order valence-corrected chi connectivity index (χ0v) is 14.3. The minimum absolute atomic E-state index is 0.0558. The molecule has 0 spiro atoms. The van der Waals surface area contributed by atoms with Crippen molar-refractivity contribution in [2.24, 2.45) is 5.92 Å². The summed E-state index contributed by atoms with van der Waals surface area (Å²) in [5.74, 6) is -2.07. The second-order valence-corrected chi connectivity index (χ2v) is 6.32. The molecule has 130 valence electrons. The van der Waals surface area contributed by atoms with E-state index < -0.39 is 23.8 Å². The maximum Gasteiger partial charge on any atom is 0.326 e. The molecular formula is C21H18N2O3. The van der Waals surface area contributed by atoms with E-state index in [9.17, 15) is 14.7 Å². The van der Waals surface area contributed by atoms with Crippen LogP contribution in [0.25, 0.3) is 21.5 Å². The summed E-state index contributed by atoms with van der Waals surface area (Å²) in [4.78, 5) is 24.5. The van der Waals surface area contributed by atoms with Crippen LogP contribution in [-0.4, -0.2) is 23.0 Å². The third kappa shape index (κ3) is 3.35. The van der Waals surface area contributed by atoms with Crippen molar-refractivity contribution in [2.75, 3.05) is 0 Å². The molecule has 0 bridgehead atoms. The van der Waals surface area contributed by atoms with Gasteiger partial charge in [0.05, 0.1) is 11.6 Å². The number of rotatable bonds is 5. The van der Waals surface area contributed by atoms with Crippen LogP contribution in [0, 0.1) is 17.2 Å². The molecule has 2 atom stereocenters. The molecule has 0 heterocycles. The number of amides is 1. The molecule has 0 unspecified atom stereocenters. The number of carboxylic acids is 1. The molecule has 0 aromatic heterocycles. The average molecular weight is 346 g/mol. The summed E-state index contributed by atoms with van der Waals surface area (Å²) in [6.45, 7) is 1.63. The Bertz CT molecular complexity index is 982. The van der Waals surface area contributed by atoms with Crippen LogP contribution >= 0.6 is 0 Å². The molecule has 0 fully saturated rings. The van der Waals surface area contributed by atoms with E-state index in [0.29, 0.717) is 5.56 Å². The van der Waals surface area contributed by atoms with Crippen LogP contribution < -0.4 is 5.32 Å². The molecule has 0 aliphatic carbocycles. The fourth-order valence-electron chi connectivity index (χ4n) is 3.12. The highest BCUT2D eigenvalue weighted by atomic mass is 16.4. The molecule has 3 aromatic carbocycles. The maximum atomic E-state index is 13.0. The van der Waals surface area contributed by atoms with Gasteiger partial charge in [-0.05, 0) is 41.0 Å². The summed E-state index contributed by atoms with van der Waals surface area (Å²) in [7, 11) is 0. The smallest absolute Gasteiger partial charge is 0.326 e. The Kier molecular flexibility index (Phi) is 4.85. The molecule has 0 saturated heterocycles. The molecule has 3 aromatic rings. The quantitative estimate of drug-likeness (QED) is 0.689. The van der Waals surface area contributed by atoms with Gasteiger partial charge < -0.3 is 10.4 Å². The van der Waals surface area contributed by atoms with Crippen molar-refractivity contribution >= 4 is 33.4 Å². The van der Waals surface area contributed by atoms with E-state index in [1.807, 2.05) is 60.7 Å². The summed E-state index contributed by atoms with van der Waals surface area (Å²) >= 11 is 0. The van der Waals surface area contributed by atoms with E-state index in [1.165, 1.54) is 0 Å². The SMILES string of the molecule is C[C@H](C#N)C[C@H](NC(=O)c1c2ccccc2cc2ccccc12)C(=O)O. The molecule has 1 amide bonds. The second-order valence-electron chi connectivity index (χ2n) is 6.32. The summed E-state index contributed by atoms with van der Waals surface area (Å²) in [5.41, 5.74) is 0.453. The van der Waals surface area contributed by atoms with Crippen molar-refractivity contribution in [3.63, 3.8) is 0 Å². The van der Waals surface area contributed by atoms with E-state index in [4.69, 9.17) is 5.26 Å². The predicted octanol–water partition coefficient (Wildman–Crippen LogP) is 3.73. The number of carbonyl (C=O) groups excluding carboxylic acids is 1. The molecular weight excluding hydrogens is 328 g/mol. The van der Waals surface area contributed by atoms with Gasteiger partial charge in [-0.15, -0.1) is 0 Å². The highest BCUT2D eigenvalue weighted by Gasteiger charge is 2.24. The molecule has 0 radical (unpaired) electrons. The highest BCUT2D eigenvalue weighted by Crippen LogP contribution is 2.28. The lowest BCUT2D eigenvalue weighted by Gasteiger charge is -2.17. The van der Waals surface area contributed by atoms with E-state index in [1.54, 1.807) is 6.92 Å². The fourth-order valence-corrected chi connectivity index (χ4v) is 3.12. The molecule has 3 rings (SSSR count). The Balaban J connectivity index is 2.09. The van der Waals surface area contributed by atoms with Crippen molar-refractivity contribution in [1.29, 1.82) is 5.26 Å². The lowest BCUT2D eigenvalue weighted by atomic mass is 9.95. The first-order chi connectivity index (χ1) is 12.5. The summed E-state index contributed by atoms with van der Waals surface area (Å²) in [5, 5.41) is 24.3. The summed E-state index contributed by atoms with van der Waals surface area (Å²) in [6, 6.07) is 17.9. The monoisotopic (exact) mass is 346 g/mol. The highest BCUT2D eigenvalue weighted by molar-refractivity contribution is 6.18. The van der Waals surface area contributed by atoms with Gasteiger partial charge in [0.15, 0.2) is 0 Å². The van der Waals surface area contributed by atoms with Crippen LogP contribution in [0.3, 0.4) is 0 Å². The van der Waals surface area contributed by atoms with Crippen LogP contribution in [0.2, 0.25) is 0 Å². The lowest BCUT2D eigenvalue weighted by molar-refractivity contribution is -0.139. The van der Waals surface area contributed by atoms with Crippen molar-refractivity contribution in [3.8, 4) is 6.07 Å². The van der Waals surface area contributed by atoms with Gasteiger partial charge in [-0.3, -0.25) is 4.79 Å². The van der Waals surface area contributed by atoms with Crippen LogP contribution in [0.4, 0.5) is 0 Å². The normalized spacial score (nSPS) is 13.1. The zero-order valence-electron chi connectivity index (χ0n) is 14.3. The Labute approximate surface area is 150 Å². The van der Waals surface area contributed by atoms with Crippen molar-refractivity contribution < 1.29 is 14.7 Å². The van der Waals surface area contributed by atoms with Gasteiger partial charge in [0.25, 0.3) is 5.91 Å². The van der Waals surface area contributed by atoms with Crippen molar-refractivity contribution in [2.45, 2.75) is 19.4 Å². The Hall–Kier alpha value is -3.39. The van der Waals surface area contributed by atoms with Crippen molar-refractivity contribution in [1.82, 2.24) is 5.32 Å². The summed E-state index contributed by atoms with van der Waals surface area (Å²) < 4.78 is 0. The van der Waals surface area contributed by atoms with E-state index >= 15 is 0 Å². The molecule has 0 aliphatic rings. The van der Waals surface area contributed by atoms with E-state index in [0.717, 1.165) is 21.5 Å². The van der Waals surface area contributed by atoms with Gasteiger partial charge in [0.1, 0.15) is 6.04 Å². The molecule has 5 nitrogen and oxygen atoms in total. The molecule has 5 heteroatoms. The molecule has 0 saturated carbocycles. The Morgan fingerprint density at radius 2 is 1.62 bits per heavy atom. The molecule has 26 heavy (non-hydrogen) atoms. The predicted molar refractivity (Wildman–Crippen MR) is 99.7 cm³/mol. The minimum Gasteiger partial charge on any atom is -0.480 e. The van der Waals surface area contributed by atoms with Gasteiger partial charge >= 0.3 is 5.97 Å². The largest absolute Gasteiger partial charge is 0.480 e. The van der Waals surface area contributed by atoms with Crippen molar-refractivity contribution in [3.05, 3.63) is 60.2 Å². The number of fused-ring (bicyclic) bond motifs is 2. The van der Waals surface area contributed by atoms with Crippen LogP contribution in [0.1, 0.15) is 23.7 Å². The van der Waals surface area contributed by atoms with Gasteiger partial charge in [0.2, 0.25) is 0 Å². The van der Waals surface area contributed by atoms with Gasteiger partial charge in [-0.1, -0.05) is 48.5 Å². The number of hydrogen-bond donors (Lipinski definition) is 2. The summed E-state index contributed by atoms with van der Waals surface area (Å²) in [6.07, 6.45) is 0.0558. The first-order valence-corrected chi connectivity index (χ1v) is 8.35. The fraction of sp³-hybridized carbons (Fsp3) is 0.190. The third-order valence-electron chi connectivity index (χ3n) is 4.41. The maximum absolute atomic E-state index is 13.0. The lowest BCUT2D eigenvalue weighted by Crippen LogP contribution is -2.41. The Morgan fingerprint density at radius 1 is 1.08 bits per heavy atom. The topological polar surface area (TPSA) is 90.2 Å². The first kappa shape index (κ1) is 17.4. The number of benzene rings is 3. The number of hydrogen-bond acceptors (Lipinski definition) is 3. The second kappa shape index (κ2) is 7.24. The van der Waals surface area contributed by atoms with Gasteiger partial charge in [0, 0.05) is 5.92 Å². The number of aliphatic carboxylic acids is 1. The first-order valence-electron chi connectivity index (χ1n) is 8.35. The third-order valence-corrected chi connectivity index (χ3v) is 4.41.